The molecule has 0 fully saturated rings. The second-order valence-corrected chi connectivity index (χ2v) is 3.36. The summed E-state index contributed by atoms with van der Waals surface area (Å²) in [6, 6.07) is 0. The molecule has 74 valence electrons. The summed E-state index contributed by atoms with van der Waals surface area (Å²) in [4.78, 5) is 4.06. The predicted molar refractivity (Wildman–Crippen MR) is 60.1 cm³/mol. The van der Waals surface area contributed by atoms with Crippen LogP contribution in [0.1, 0.15) is 18.9 Å². The lowest BCUT2D eigenvalue weighted by Gasteiger charge is -2.05. The number of nitrogen functional groups attached to an aromatic ring is 1. The van der Waals surface area contributed by atoms with Crippen LogP contribution in [-0.4, -0.2) is 12.1 Å². The number of halogens is 1. The van der Waals surface area contributed by atoms with Gasteiger partial charge in [0.1, 0.15) is 4.47 Å². The molecule has 0 aliphatic rings. The molecule has 4 heteroatoms. The van der Waals surface area contributed by atoms with Gasteiger partial charge in [-0.1, -0.05) is 18.8 Å². The van der Waals surface area contributed by atoms with Crippen molar-refractivity contribution in [2.45, 2.75) is 13.3 Å². The van der Waals surface area contributed by atoms with E-state index in [0.717, 1.165) is 12.0 Å². The van der Waals surface area contributed by atoms with Crippen molar-refractivity contribution in [2.75, 3.05) is 12.8 Å². The minimum absolute atomic E-state index is 0.476. The maximum absolute atomic E-state index is 5.83. The third-order valence-electron chi connectivity index (χ3n) is 1.62. The zero-order valence-electron chi connectivity index (χ0n) is 8.10. The molecule has 1 aromatic heterocycles. The highest BCUT2D eigenvalue weighted by Gasteiger charge is 2.08. The van der Waals surface area contributed by atoms with Crippen LogP contribution in [0.4, 0.5) is 5.69 Å². The summed E-state index contributed by atoms with van der Waals surface area (Å²) in [5, 5.41) is 0. The van der Waals surface area contributed by atoms with Gasteiger partial charge in [0.15, 0.2) is 0 Å². The molecule has 0 spiro atoms. The van der Waals surface area contributed by atoms with Gasteiger partial charge in [-0.3, -0.25) is 0 Å². The average Bonchev–Trinajstić information content (AvgIpc) is 2.20. The summed E-state index contributed by atoms with van der Waals surface area (Å²) >= 11 is 3.30. The fraction of sp³-hybridized carbons (Fsp3) is 0.300. The molecular weight excluding hydrogens is 244 g/mol. The van der Waals surface area contributed by atoms with Gasteiger partial charge in [-0.2, -0.15) is 0 Å². The highest BCUT2D eigenvalue weighted by atomic mass is 79.9. The van der Waals surface area contributed by atoms with Crippen LogP contribution in [0.2, 0.25) is 0 Å². The third kappa shape index (κ3) is 2.18. The Bertz CT molecular complexity index is 393. The van der Waals surface area contributed by atoms with Gasteiger partial charge in [0.2, 0.25) is 5.88 Å². The summed E-state index contributed by atoms with van der Waals surface area (Å²) in [6.07, 6.45) is 2.41. The number of nitrogens with two attached hydrogens (primary N) is 1. The summed E-state index contributed by atoms with van der Waals surface area (Å²) in [7, 11) is 1.55. The molecule has 0 radical (unpaired) electrons. The van der Waals surface area contributed by atoms with Crippen LogP contribution >= 0.6 is 15.9 Å². The second-order valence-electron chi connectivity index (χ2n) is 2.56. The van der Waals surface area contributed by atoms with E-state index in [-0.39, 0.29) is 0 Å². The lowest BCUT2D eigenvalue weighted by atomic mass is 10.2. The lowest BCUT2D eigenvalue weighted by Crippen LogP contribution is -1.97. The average molecular weight is 255 g/mol. The quantitative estimate of drug-likeness (QED) is 0.782. The molecule has 14 heavy (non-hydrogen) atoms. The molecular formula is C10H11BrN2O. The summed E-state index contributed by atoms with van der Waals surface area (Å²) < 4.78 is 5.65. The van der Waals surface area contributed by atoms with Gasteiger partial charge in [-0.05, 0) is 15.9 Å². The number of pyridine rings is 1. The van der Waals surface area contributed by atoms with E-state index in [9.17, 15) is 0 Å². The Labute approximate surface area is 91.8 Å². The van der Waals surface area contributed by atoms with E-state index in [1.807, 2.05) is 6.92 Å². The molecule has 2 N–H and O–H groups in total. The number of ether oxygens (including phenoxy) is 1. The first kappa shape index (κ1) is 10.9. The Balaban J connectivity index is 3.17. The fourth-order valence-electron chi connectivity index (χ4n) is 0.908. The maximum Gasteiger partial charge on any atom is 0.229 e. The molecule has 0 saturated carbocycles. The predicted octanol–water partition coefficient (Wildman–Crippen LogP) is 2.20. The smallest absolute Gasteiger partial charge is 0.229 e. The Kier molecular flexibility index (Phi) is 3.78. The number of rotatable bonds is 1. The number of hydrogen-bond donors (Lipinski definition) is 1. The van der Waals surface area contributed by atoms with Crippen molar-refractivity contribution < 1.29 is 4.74 Å². The van der Waals surface area contributed by atoms with E-state index in [1.54, 1.807) is 13.3 Å². The number of anilines is 1. The zero-order chi connectivity index (χ0) is 10.6. The number of aromatic nitrogens is 1. The highest BCUT2D eigenvalue weighted by Crippen LogP contribution is 2.30. The molecule has 0 aromatic carbocycles. The van der Waals surface area contributed by atoms with Gasteiger partial charge >= 0.3 is 0 Å². The van der Waals surface area contributed by atoms with Crippen LogP contribution in [0.25, 0.3) is 0 Å². The van der Waals surface area contributed by atoms with Gasteiger partial charge < -0.3 is 10.5 Å². The summed E-state index contributed by atoms with van der Waals surface area (Å²) in [6.45, 7) is 1.98. The number of methoxy groups -OCH3 is 1. The largest absolute Gasteiger partial charge is 0.480 e. The van der Waals surface area contributed by atoms with E-state index in [4.69, 9.17) is 10.5 Å². The second kappa shape index (κ2) is 4.87. The maximum atomic E-state index is 5.83. The molecule has 3 nitrogen and oxygen atoms in total. The van der Waals surface area contributed by atoms with Crippen molar-refractivity contribution in [2.24, 2.45) is 0 Å². The van der Waals surface area contributed by atoms with Gasteiger partial charge in [-0.15, -0.1) is 0 Å². The van der Waals surface area contributed by atoms with E-state index in [2.05, 4.69) is 32.8 Å². The van der Waals surface area contributed by atoms with Gasteiger partial charge in [0.25, 0.3) is 0 Å². The first-order valence-corrected chi connectivity index (χ1v) is 4.96. The molecule has 1 aromatic rings. The van der Waals surface area contributed by atoms with Crippen molar-refractivity contribution in [1.29, 1.82) is 0 Å². The first-order chi connectivity index (χ1) is 6.70. The summed E-state index contributed by atoms with van der Waals surface area (Å²) in [5.41, 5.74) is 7.12. The van der Waals surface area contributed by atoms with Crippen LogP contribution < -0.4 is 10.5 Å². The Morgan fingerprint density at radius 2 is 2.36 bits per heavy atom. The molecule has 0 saturated heterocycles. The molecule has 1 rings (SSSR count). The summed E-state index contributed by atoms with van der Waals surface area (Å²) in [5.74, 6) is 6.35. The monoisotopic (exact) mass is 254 g/mol. The van der Waals surface area contributed by atoms with E-state index < -0.39 is 0 Å². The highest BCUT2D eigenvalue weighted by molar-refractivity contribution is 9.10. The van der Waals surface area contributed by atoms with E-state index >= 15 is 0 Å². The van der Waals surface area contributed by atoms with Crippen molar-refractivity contribution in [3.05, 3.63) is 16.2 Å². The van der Waals surface area contributed by atoms with Crippen molar-refractivity contribution >= 4 is 21.6 Å². The van der Waals surface area contributed by atoms with Gasteiger partial charge in [0, 0.05) is 12.6 Å². The first-order valence-electron chi connectivity index (χ1n) is 4.17. The van der Waals surface area contributed by atoms with Gasteiger partial charge in [0.05, 0.1) is 18.4 Å². The van der Waals surface area contributed by atoms with E-state index in [1.165, 1.54) is 0 Å². The topological polar surface area (TPSA) is 48.1 Å². The molecule has 0 unspecified atom stereocenters. The zero-order valence-corrected chi connectivity index (χ0v) is 9.68. The van der Waals surface area contributed by atoms with Gasteiger partial charge in [-0.25, -0.2) is 4.98 Å². The normalized spacial score (nSPS) is 9.07. The molecule has 0 aliphatic heterocycles. The van der Waals surface area contributed by atoms with E-state index in [0.29, 0.717) is 16.0 Å². The van der Waals surface area contributed by atoms with Crippen molar-refractivity contribution in [1.82, 2.24) is 4.98 Å². The Morgan fingerprint density at radius 3 is 2.93 bits per heavy atom. The minimum Gasteiger partial charge on any atom is -0.480 e. The number of hydrogen-bond acceptors (Lipinski definition) is 3. The van der Waals surface area contributed by atoms with Crippen LogP contribution in [0.5, 0.6) is 5.88 Å². The van der Waals surface area contributed by atoms with Crippen molar-refractivity contribution in [3.8, 4) is 17.7 Å². The molecule has 1 heterocycles. The van der Waals surface area contributed by atoms with Crippen LogP contribution in [0, 0.1) is 11.8 Å². The SMILES string of the molecule is CCC#Cc1cnc(OC)c(Br)c1N. The molecule has 0 bridgehead atoms. The minimum atomic E-state index is 0.476. The fourth-order valence-corrected chi connectivity index (χ4v) is 1.39. The lowest BCUT2D eigenvalue weighted by molar-refractivity contribution is 0.395. The third-order valence-corrected chi connectivity index (χ3v) is 2.38. The van der Waals surface area contributed by atoms with Crippen LogP contribution in [0.3, 0.4) is 0 Å². The van der Waals surface area contributed by atoms with Crippen LogP contribution in [-0.2, 0) is 0 Å². The molecule has 0 aliphatic carbocycles. The molecule has 0 amide bonds. The van der Waals surface area contributed by atoms with Crippen LogP contribution in [0.15, 0.2) is 10.7 Å². The Morgan fingerprint density at radius 1 is 1.64 bits per heavy atom. The standard InChI is InChI=1S/C10H11BrN2O/c1-3-4-5-7-6-13-10(14-2)8(11)9(7)12/h6H,3H2,1-2H3,(H2,12,13). The molecule has 0 atom stereocenters. The number of nitrogens with zero attached hydrogens (tertiary/aromatic N) is 1. The van der Waals surface area contributed by atoms with Crippen molar-refractivity contribution in [3.63, 3.8) is 0 Å². The Hall–Kier alpha value is -1.21.